The lowest BCUT2D eigenvalue weighted by Crippen LogP contribution is -2.43. The van der Waals surface area contributed by atoms with Gasteiger partial charge in [0.2, 0.25) is 0 Å². The van der Waals surface area contributed by atoms with Gasteiger partial charge in [-0.1, -0.05) is 41.5 Å². The zero-order valence-corrected chi connectivity index (χ0v) is 24.3. The molecule has 1 fully saturated rings. The molecule has 4 N–H and O–H groups in total. The molecule has 0 bridgehead atoms. The number of H-pyrrole nitrogens is 1. The van der Waals surface area contributed by atoms with Crippen molar-refractivity contribution in [2.75, 3.05) is 6.56 Å². The van der Waals surface area contributed by atoms with E-state index in [2.05, 4.69) is 4.98 Å². The Morgan fingerprint density at radius 2 is 1.93 bits per heavy atom. The molecule has 15 heteroatoms. The van der Waals surface area contributed by atoms with Crippen LogP contribution in [0, 0.1) is 10.6 Å². The molecule has 0 saturated carbocycles. The molecule has 222 valence electrons. The van der Waals surface area contributed by atoms with E-state index in [0.717, 1.165) is 6.20 Å². The third-order valence-electron chi connectivity index (χ3n) is 6.40. The molecule has 2 aromatic rings. The number of aliphatic hydroxyl groups is 3. The topological polar surface area (TPSA) is 152 Å². The number of halogens is 2. The fraction of sp³-hybridized carbons (Fsp3) is 0.600. The van der Waals surface area contributed by atoms with Crippen LogP contribution in [0.15, 0.2) is 17.1 Å². The number of alkyl halides is 1. The van der Waals surface area contributed by atoms with E-state index in [-0.39, 0.29) is 16.9 Å². The first kappa shape index (κ1) is 26.8. The van der Waals surface area contributed by atoms with Gasteiger partial charge in [-0.05, 0) is 34.7 Å². The van der Waals surface area contributed by atoms with E-state index in [9.17, 15) is 24.7 Å². The highest BCUT2D eigenvalue weighted by Crippen LogP contribution is 2.58. The minimum Gasteiger partial charge on any atom is -0.403 e. The van der Waals surface area contributed by atoms with Crippen LogP contribution in [0.25, 0.3) is 0 Å². The molecule has 3 heterocycles. The van der Waals surface area contributed by atoms with Crippen molar-refractivity contribution in [1.82, 2.24) is 9.55 Å². The number of nitrogens with zero attached hydrogens (tertiary/aromatic N) is 1. The lowest BCUT2D eigenvalue weighted by Gasteiger charge is -2.34. The lowest BCUT2D eigenvalue weighted by molar-refractivity contribution is -0.205. The number of ether oxygens (including phenoxy) is 1. The second-order valence-corrected chi connectivity index (χ2v) is 13.4. The van der Waals surface area contributed by atoms with Crippen molar-refractivity contribution in [3.05, 3.63) is 55.5 Å². The number of hydrogen-bond donors (Lipinski definition) is 4. The second kappa shape index (κ2) is 10.4. The molecule has 40 heavy (non-hydrogen) atoms. The van der Waals surface area contributed by atoms with E-state index >= 15 is 8.78 Å². The molecule has 4 rings (SSSR count). The first-order valence-corrected chi connectivity index (χ1v) is 14.0. The summed E-state index contributed by atoms with van der Waals surface area (Å²) in [4.78, 5) is 14.0. The van der Waals surface area contributed by atoms with E-state index in [4.69, 9.17) is 34.6 Å². The monoisotopic (exact) mass is 609 g/mol. The quantitative estimate of drug-likeness (QED) is 0.291. The van der Waals surface area contributed by atoms with Crippen LogP contribution < -0.4 is 10.1 Å². The van der Waals surface area contributed by atoms with Crippen LogP contribution in [0.3, 0.4) is 0 Å². The number of aromatic nitrogens is 2. The third-order valence-corrected chi connectivity index (χ3v) is 7.87. The summed E-state index contributed by atoms with van der Waals surface area (Å²) in [6, 6.07) is 1.53. The summed E-state index contributed by atoms with van der Waals surface area (Å²) >= 11 is 4.96. The standard InChI is InChI=1S/C25H33F2N2O9PS/c1-23(2,3)14-7-15(24(4,5)6)18-13(16(14)26)10-35-39(34,38-18)36-11-25(27)19(32)17(31)21(37-25)29-8-12(9-30)20(33)28-22(29)40/h7-8,17,19,21,30-32H,9-11H2,1-6H3,(H,28,33,40)/t17-,19+,21-,25-,39?/m1/s1/i11D2,21D. The maximum absolute atomic E-state index is 16.3. The van der Waals surface area contributed by atoms with Crippen molar-refractivity contribution < 1.29 is 51.1 Å². The average molecular weight is 610 g/mol. The summed E-state index contributed by atoms with van der Waals surface area (Å²) in [7, 11) is -5.15. The molecule has 1 aromatic carbocycles. The normalized spacial score (nSPS) is 32.1. The van der Waals surface area contributed by atoms with Crippen LogP contribution in [-0.2, 0) is 42.4 Å². The highest BCUT2D eigenvalue weighted by atomic mass is 32.1. The summed E-state index contributed by atoms with van der Waals surface area (Å²) in [6.45, 7) is 5.15. The van der Waals surface area contributed by atoms with Crippen LogP contribution in [0.1, 0.15) is 74.1 Å². The Kier molecular flexibility index (Phi) is 6.95. The summed E-state index contributed by atoms with van der Waals surface area (Å²) in [6.07, 6.45) is -7.82. The van der Waals surface area contributed by atoms with E-state index in [0.29, 0.717) is 15.7 Å². The van der Waals surface area contributed by atoms with Gasteiger partial charge in [0.05, 0.1) is 28.5 Å². The van der Waals surface area contributed by atoms with Crippen molar-refractivity contribution in [1.29, 1.82) is 0 Å². The number of nitrogens with one attached hydrogen (secondary N) is 1. The molecule has 2 aliphatic rings. The predicted molar refractivity (Wildman–Crippen MR) is 141 cm³/mol. The fourth-order valence-electron chi connectivity index (χ4n) is 4.15. The first-order chi connectivity index (χ1) is 19.4. The summed E-state index contributed by atoms with van der Waals surface area (Å²) < 4.78 is 91.0. The maximum Gasteiger partial charge on any atom is 0.530 e. The van der Waals surface area contributed by atoms with E-state index in [1.54, 1.807) is 41.5 Å². The maximum atomic E-state index is 16.3. The molecule has 5 atom stereocenters. The molecule has 11 nitrogen and oxygen atoms in total. The van der Waals surface area contributed by atoms with Crippen LogP contribution in [0.2, 0.25) is 0 Å². The Hall–Kier alpha value is -2.03. The summed E-state index contributed by atoms with van der Waals surface area (Å²) in [5.41, 5.74) is -2.05. The van der Waals surface area contributed by atoms with Gasteiger partial charge in [0.15, 0.2) is 11.0 Å². The zero-order chi connectivity index (χ0) is 32.7. The van der Waals surface area contributed by atoms with E-state index in [1.165, 1.54) is 6.07 Å². The van der Waals surface area contributed by atoms with Gasteiger partial charge in [-0.15, -0.1) is 0 Å². The Morgan fingerprint density at radius 3 is 2.50 bits per heavy atom. The van der Waals surface area contributed by atoms with Crippen molar-refractivity contribution in [3.8, 4) is 5.75 Å². The Morgan fingerprint density at radius 1 is 1.30 bits per heavy atom. The fourth-order valence-corrected chi connectivity index (χ4v) is 5.48. The van der Waals surface area contributed by atoms with Gasteiger partial charge in [0.1, 0.15) is 30.3 Å². The van der Waals surface area contributed by atoms with E-state index in [1.807, 2.05) is 0 Å². The van der Waals surface area contributed by atoms with Gasteiger partial charge in [-0.25, -0.2) is 13.3 Å². The molecular weight excluding hydrogens is 573 g/mol. The van der Waals surface area contributed by atoms with Gasteiger partial charge < -0.3 is 24.6 Å². The molecule has 1 saturated heterocycles. The molecule has 2 aliphatic heterocycles. The Labute approximate surface area is 238 Å². The Balaban J connectivity index is 1.74. The second-order valence-electron chi connectivity index (χ2n) is 11.5. The number of hydrogen-bond acceptors (Lipinski definition) is 10. The molecule has 1 aromatic heterocycles. The molecular formula is C25H33F2N2O9PS. The zero-order valence-electron chi connectivity index (χ0n) is 25.6. The average Bonchev–Trinajstić information content (AvgIpc) is 3.03. The summed E-state index contributed by atoms with van der Waals surface area (Å²) in [5, 5.41) is 30.7. The minimum absolute atomic E-state index is 0.118. The van der Waals surface area contributed by atoms with Crippen molar-refractivity contribution in [2.45, 2.75) is 89.9 Å². The van der Waals surface area contributed by atoms with Crippen LogP contribution >= 0.6 is 20.0 Å². The van der Waals surface area contributed by atoms with Gasteiger partial charge in [0, 0.05) is 11.8 Å². The molecule has 0 spiro atoms. The van der Waals surface area contributed by atoms with Gasteiger partial charge in [-0.2, -0.15) is 0 Å². The minimum atomic E-state index is -5.15. The highest BCUT2D eigenvalue weighted by Gasteiger charge is 2.57. The van der Waals surface area contributed by atoms with Crippen molar-refractivity contribution >= 4 is 20.0 Å². The summed E-state index contributed by atoms with van der Waals surface area (Å²) in [5.74, 6) is -5.09. The Bertz CT molecular complexity index is 1630. The van der Waals surface area contributed by atoms with Crippen LogP contribution in [-0.4, -0.2) is 49.5 Å². The van der Waals surface area contributed by atoms with E-state index < -0.39 is 78.8 Å². The largest absolute Gasteiger partial charge is 0.530 e. The van der Waals surface area contributed by atoms with Crippen molar-refractivity contribution in [3.63, 3.8) is 0 Å². The number of fused-ring (bicyclic) bond motifs is 1. The van der Waals surface area contributed by atoms with Crippen LogP contribution in [0.5, 0.6) is 5.75 Å². The van der Waals surface area contributed by atoms with Gasteiger partial charge in [0.25, 0.3) is 11.4 Å². The molecule has 1 unspecified atom stereocenters. The van der Waals surface area contributed by atoms with Gasteiger partial charge >= 0.3 is 7.82 Å². The molecule has 0 radical (unpaired) electrons. The molecule has 0 aliphatic carbocycles. The van der Waals surface area contributed by atoms with Crippen LogP contribution in [0.4, 0.5) is 8.78 Å². The third kappa shape index (κ3) is 5.56. The highest BCUT2D eigenvalue weighted by molar-refractivity contribution is 7.71. The number of phosphoric acid groups is 1. The number of aliphatic hydroxyl groups excluding tert-OH is 3. The number of benzene rings is 1. The predicted octanol–water partition coefficient (Wildman–Crippen LogP) is 3.78. The van der Waals surface area contributed by atoms with Crippen molar-refractivity contribution in [2.24, 2.45) is 0 Å². The first-order valence-electron chi connectivity index (χ1n) is 13.6. The van der Waals surface area contributed by atoms with Gasteiger partial charge in [-0.3, -0.25) is 23.4 Å². The molecule has 0 amide bonds. The lowest BCUT2D eigenvalue weighted by atomic mass is 9.78. The number of phosphoric ester groups is 1. The number of aromatic amines is 1. The smallest absolute Gasteiger partial charge is 0.403 e. The number of rotatable bonds is 5. The SMILES string of the molecule is [2H]C([2H])(OP1(=O)OCc2c(F)c(C(C)(C)C)cc(C(C)(C)C)c2O1)[C@@]1(F)O[C@@]([2H])(n2cc(CO)c(=O)[nH]c2=S)[C@H](O)[C@@H]1O.